The first kappa shape index (κ1) is 30.0. The molecular weight excluding hydrogens is 524 g/mol. The van der Waals surface area contributed by atoms with E-state index in [-0.39, 0.29) is 18.0 Å². The zero-order valence-electron chi connectivity index (χ0n) is 23.2. The highest BCUT2D eigenvalue weighted by Gasteiger charge is 2.33. The van der Waals surface area contributed by atoms with Crippen LogP contribution in [0.4, 0.5) is 0 Å². The number of aliphatic hydroxyl groups excluding tert-OH is 2. The molecule has 0 radical (unpaired) electrons. The summed E-state index contributed by atoms with van der Waals surface area (Å²) >= 11 is 0. The molecule has 3 aromatic rings. The summed E-state index contributed by atoms with van der Waals surface area (Å²) in [5.74, 6) is 7.60. The molecule has 1 saturated heterocycles. The zero-order valence-corrected chi connectivity index (χ0v) is 23.2. The Kier molecular flexibility index (Phi) is 10.6. The fourth-order valence-corrected chi connectivity index (χ4v) is 4.27. The van der Waals surface area contributed by atoms with E-state index in [0.29, 0.717) is 43.3 Å². The summed E-state index contributed by atoms with van der Waals surface area (Å²) < 4.78 is 17.3. The monoisotopic (exact) mass is 560 g/mol. The average Bonchev–Trinajstić information content (AvgIpc) is 2.97. The third-order valence-corrected chi connectivity index (χ3v) is 6.57. The number of aliphatic hydroxyl groups is 2. The van der Waals surface area contributed by atoms with Crippen molar-refractivity contribution in [3.05, 3.63) is 77.1 Å². The largest absolute Gasteiger partial charge is 0.494 e. The molecule has 1 aliphatic rings. The number of nitrogens with zero attached hydrogens (tertiary/aromatic N) is 2. The molecule has 4 atom stereocenters. The van der Waals surface area contributed by atoms with Crippen molar-refractivity contribution in [2.45, 2.75) is 57.5 Å². The highest BCUT2D eigenvalue weighted by molar-refractivity contribution is 5.92. The van der Waals surface area contributed by atoms with Gasteiger partial charge in [0.25, 0.3) is 5.91 Å². The van der Waals surface area contributed by atoms with Crippen LogP contribution >= 0.6 is 0 Å². The van der Waals surface area contributed by atoms with Crippen molar-refractivity contribution < 1.29 is 29.2 Å². The van der Waals surface area contributed by atoms with Crippen molar-refractivity contribution in [1.82, 2.24) is 15.5 Å². The maximum Gasteiger partial charge on any atom is 0.271 e. The Morgan fingerprint density at radius 3 is 2.59 bits per heavy atom. The van der Waals surface area contributed by atoms with E-state index >= 15 is 0 Å². The van der Waals surface area contributed by atoms with Gasteiger partial charge in [-0.25, -0.2) is 0 Å². The number of hydrogen-bond donors (Lipinski definition) is 4. The van der Waals surface area contributed by atoms with E-state index < -0.39 is 24.4 Å². The summed E-state index contributed by atoms with van der Waals surface area (Å²) in [7, 11) is 0. The number of carbonyl (C=O) groups is 1. The molecule has 5 N–H and O–H groups in total. The number of ether oxygens (including phenoxy) is 3. The minimum Gasteiger partial charge on any atom is -0.494 e. The first-order valence-corrected chi connectivity index (χ1v) is 13.7. The molecular formula is C31H36N4O6. The standard InChI is InChI=1S/C31H36N4O6/c1-20-18-22(14-15-32)4-13-29(20)41-25-10-8-24(9-11-25)39-17-3-16-33-31(38)27-12-6-23(34-35-27)5-7-26-19-28(36)30(37)21(2)40-26/h4,6,8-13,18,21,26,28,30,36-37H,3,14-17,19,32H2,1-2H3,(H,33,38). The lowest BCUT2D eigenvalue weighted by Crippen LogP contribution is -2.46. The molecule has 2 aromatic carbocycles. The lowest BCUT2D eigenvalue weighted by molar-refractivity contribution is -0.146. The maximum absolute atomic E-state index is 12.4. The average molecular weight is 561 g/mol. The zero-order chi connectivity index (χ0) is 29.2. The van der Waals surface area contributed by atoms with E-state index in [1.807, 2.05) is 43.3 Å². The second kappa shape index (κ2) is 14.6. The number of benzene rings is 2. The summed E-state index contributed by atoms with van der Waals surface area (Å²) in [4.78, 5) is 12.4. The Bertz CT molecular complexity index is 1340. The predicted octanol–water partition coefficient (Wildman–Crippen LogP) is 2.53. The van der Waals surface area contributed by atoms with Crippen LogP contribution in [0.15, 0.2) is 54.6 Å². The third-order valence-electron chi connectivity index (χ3n) is 6.57. The van der Waals surface area contributed by atoms with Gasteiger partial charge < -0.3 is 35.5 Å². The van der Waals surface area contributed by atoms with Crippen LogP contribution in [0.5, 0.6) is 17.2 Å². The van der Waals surface area contributed by atoms with Gasteiger partial charge in [-0.3, -0.25) is 4.79 Å². The number of amides is 1. The van der Waals surface area contributed by atoms with Crippen molar-refractivity contribution in [3.8, 4) is 29.1 Å². The van der Waals surface area contributed by atoms with Gasteiger partial charge in [0.05, 0.1) is 18.8 Å². The number of carbonyl (C=O) groups excluding carboxylic acids is 1. The molecule has 4 unspecified atom stereocenters. The minimum absolute atomic E-state index is 0.178. The minimum atomic E-state index is -0.926. The van der Waals surface area contributed by atoms with E-state index in [2.05, 4.69) is 33.4 Å². The second-order valence-corrected chi connectivity index (χ2v) is 9.87. The van der Waals surface area contributed by atoms with Gasteiger partial charge in [-0.2, -0.15) is 0 Å². The molecule has 0 bridgehead atoms. The topological polar surface area (TPSA) is 149 Å². The molecule has 1 fully saturated rings. The van der Waals surface area contributed by atoms with Crippen LogP contribution < -0.4 is 20.5 Å². The van der Waals surface area contributed by atoms with Crippen molar-refractivity contribution in [3.63, 3.8) is 0 Å². The lowest BCUT2D eigenvalue weighted by Gasteiger charge is -2.33. The molecule has 0 saturated carbocycles. The SMILES string of the molecule is Cc1cc(CCN)ccc1Oc1ccc(OCCCNC(=O)c2ccc(C#CC3CC(O)C(O)C(C)O3)nn2)cc1. The number of aromatic nitrogens is 2. The fraction of sp³-hybridized carbons (Fsp3) is 0.387. The summed E-state index contributed by atoms with van der Waals surface area (Å²) in [5, 5.41) is 30.3. The second-order valence-electron chi connectivity index (χ2n) is 9.87. The Labute approximate surface area is 239 Å². The number of nitrogens with two attached hydrogens (primary N) is 1. The summed E-state index contributed by atoms with van der Waals surface area (Å²) in [5.41, 5.74) is 8.43. The van der Waals surface area contributed by atoms with Gasteiger partial charge in [-0.05, 0) is 92.7 Å². The van der Waals surface area contributed by atoms with Crippen molar-refractivity contribution >= 4 is 5.91 Å². The molecule has 41 heavy (non-hydrogen) atoms. The molecule has 10 heteroatoms. The van der Waals surface area contributed by atoms with Crippen LogP contribution in [0, 0.1) is 18.8 Å². The normalized spacial score (nSPS) is 20.0. The van der Waals surface area contributed by atoms with E-state index in [1.54, 1.807) is 19.1 Å². The van der Waals surface area contributed by atoms with E-state index in [0.717, 1.165) is 17.7 Å². The van der Waals surface area contributed by atoms with Crippen molar-refractivity contribution in [1.29, 1.82) is 0 Å². The Balaban J connectivity index is 1.16. The van der Waals surface area contributed by atoms with Crippen LogP contribution in [0.25, 0.3) is 0 Å². The molecule has 2 heterocycles. The van der Waals surface area contributed by atoms with Gasteiger partial charge >= 0.3 is 0 Å². The Morgan fingerprint density at radius 1 is 1.12 bits per heavy atom. The first-order valence-electron chi connectivity index (χ1n) is 13.7. The van der Waals surface area contributed by atoms with E-state index in [9.17, 15) is 15.0 Å². The van der Waals surface area contributed by atoms with E-state index in [4.69, 9.17) is 19.9 Å². The van der Waals surface area contributed by atoms with Gasteiger partial charge in [0.1, 0.15) is 35.2 Å². The summed E-state index contributed by atoms with van der Waals surface area (Å²) in [6.45, 7) is 5.15. The predicted molar refractivity (Wildman–Crippen MR) is 153 cm³/mol. The number of hydrogen-bond acceptors (Lipinski definition) is 9. The van der Waals surface area contributed by atoms with Gasteiger partial charge in [0.2, 0.25) is 0 Å². The molecule has 0 spiro atoms. The van der Waals surface area contributed by atoms with Crippen LogP contribution in [0.3, 0.4) is 0 Å². The number of aryl methyl sites for hydroxylation is 1. The Hall–Kier alpha value is -4.01. The summed E-state index contributed by atoms with van der Waals surface area (Å²) in [6.07, 6.45) is -1.19. The molecule has 216 valence electrons. The molecule has 10 nitrogen and oxygen atoms in total. The maximum atomic E-state index is 12.4. The highest BCUT2D eigenvalue weighted by Crippen LogP contribution is 2.27. The van der Waals surface area contributed by atoms with Gasteiger partial charge in [-0.1, -0.05) is 18.1 Å². The van der Waals surface area contributed by atoms with Gasteiger partial charge in [-0.15, -0.1) is 10.2 Å². The van der Waals surface area contributed by atoms with Crippen LogP contribution in [0.1, 0.15) is 47.1 Å². The molecule has 1 aliphatic heterocycles. The van der Waals surface area contributed by atoms with Gasteiger partial charge in [0, 0.05) is 13.0 Å². The first-order chi connectivity index (χ1) is 19.8. The Morgan fingerprint density at radius 2 is 1.90 bits per heavy atom. The highest BCUT2D eigenvalue weighted by atomic mass is 16.5. The van der Waals surface area contributed by atoms with Crippen LogP contribution in [0.2, 0.25) is 0 Å². The molecule has 0 aliphatic carbocycles. The quantitative estimate of drug-likeness (QED) is 0.217. The van der Waals surface area contributed by atoms with E-state index in [1.165, 1.54) is 5.56 Å². The molecule has 1 aromatic heterocycles. The number of nitrogens with one attached hydrogen (secondary N) is 1. The lowest BCUT2D eigenvalue weighted by atomic mass is 9.99. The van der Waals surface area contributed by atoms with Crippen LogP contribution in [-0.4, -0.2) is 70.4 Å². The fourth-order valence-electron chi connectivity index (χ4n) is 4.27. The molecule has 4 rings (SSSR count). The van der Waals surface area contributed by atoms with Crippen molar-refractivity contribution in [2.24, 2.45) is 5.73 Å². The van der Waals surface area contributed by atoms with Crippen LogP contribution in [-0.2, 0) is 11.2 Å². The smallest absolute Gasteiger partial charge is 0.271 e. The third kappa shape index (κ3) is 8.74. The molecule has 1 amide bonds. The van der Waals surface area contributed by atoms with Crippen molar-refractivity contribution in [2.75, 3.05) is 19.7 Å². The van der Waals surface area contributed by atoms with Gasteiger partial charge in [0.15, 0.2) is 5.69 Å². The summed E-state index contributed by atoms with van der Waals surface area (Å²) in [6, 6.07) is 16.6. The number of rotatable bonds is 10.